The number of amides is 1. The molecule has 366 valence electrons. The third-order valence-corrected chi connectivity index (χ3v) is 11.8. The van der Waals surface area contributed by atoms with Crippen LogP contribution < -0.4 is 5.32 Å². The molecule has 0 bridgehead atoms. The molecule has 0 heterocycles. The van der Waals surface area contributed by atoms with Crippen LogP contribution in [0.3, 0.4) is 0 Å². The predicted molar refractivity (Wildman–Crippen MR) is 259 cm³/mol. The Balaban J connectivity index is 3.85. The molecule has 4 N–H and O–H groups in total. The van der Waals surface area contributed by atoms with Crippen LogP contribution in [0.2, 0.25) is 0 Å². The monoisotopic (exact) mass is 910 g/mol. The molecule has 3 unspecified atom stereocenters. The number of carboxylic acids is 1. The number of carboxylic acid groups (broad SMARTS) is 1. The van der Waals surface area contributed by atoms with Gasteiger partial charge in [0.25, 0.3) is 0 Å². The number of nitrogens with one attached hydrogen (secondary N) is 1. The Kier molecular flexibility index (Phi) is 44.1. The number of hydrogen-bond donors (Lipinski definition) is 4. The molecule has 0 aliphatic carbocycles. The fourth-order valence-electron chi connectivity index (χ4n) is 6.91. The lowest BCUT2D eigenvalue weighted by Gasteiger charge is -2.18. The molecule has 1 amide bonds. The Morgan fingerprint density at radius 2 is 0.873 bits per heavy atom. The van der Waals surface area contributed by atoms with Gasteiger partial charge in [-0.3, -0.25) is 18.6 Å². The number of carbonyl (C=O) groups excluding carboxylic acids is 2. The number of esters is 1. The average molecular weight is 910 g/mol. The van der Waals surface area contributed by atoms with E-state index in [0.717, 1.165) is 70.6 Å². The lowest BCUT2D eigenvalue weighted by atomic mass is 10.1. The molecule has 0 aromatic heterocycles. The van der Waals surface area contributed by atoms with E-state index >= 15 is 0 Å². The van der Waals surface area contributed by atoms with Crippen LogP contribution in [0.15, 0.2) is 48.6 Å². The first kappa shape index (κ1) is 60.4. The van der Waals surface area contributed by atoms with Gasteiger partial charge < -0.3 is 25.2 Å². The van der Waals surface area contributed by atoms with Gasteiger partial charge in [-0.15, -0.1) is 0 Å². The molecule has 0 aromatic rings. The van der Waals surface area contributed by atoms with Gasteiger partial charge in [-0.25, -0.2) is 9.36 Å². The number of phosphoric acid groups is 1. The van der Waals surface area contributed by atoms with Crippen LogP contribution in [0.5, 0.6) is 0 Å². The van der Waals surface area contributed by atoms with Gasteiger partial charge in [-0.05, 0) is 77.0 Å². The molecule has 3 atom stereocenters. The third-order valence-electron chi connectivity index (χ3n) is 10.8. The number of aliphatic hydroxyl groups excluding tert-OH is 1. The Morgan fingerprint density at radius 1 is 0.508 bits per heavy atom. The van der Waals surface area contributed by atoms with E-state index in [1.165, 1.54) is 116 Å². The van der Waals surface area contributed by atoms with Crippen molar-refractivity contribution >= 4 is 25.7 Å². The summed E-state index contributed by atoms with van der Waals surface area (Å²) in [6.45, 7) is 2.58. The van der Waals surface area contributed by atoms with Crippen molar-refractivity contribution in [1.82, 2.24) is 5.32 Å². The van der Waals surface area contributed by atoms with E-state index in [-0.39, 0.29) is 12.8 Å². The normalized spacial score (nSPS) is 14.0. The second kappa shape index (κ2) is 46.0. The molecule has 0 fully saturated rings. The first-order valence-corrected chi connectivity index (χ1v) is 26.7. The van der Waals surface area contributed by atoms with Crippen molar-refractivity contribution in [3.63, 3.8) is 0 Å². The molecular formula is C51H92NO10P. The maximum atomic E-state index is 12.3. The maximum Gasteiger partial charge on any atom is 0.472 e. The largest absolute Gasteiger partial charge is 0.480 e. The molecule has 63 heavy (non-hydrogen) atoms. The van der Waals surface area contributed by atoms with Crippen LogP contribution in [0.4, 0.5) is 0 Å². The molecule has 0 aliphatic rings. The highest BCUT2D eigenvalue weighted by Crippen LogP contribution is 2.43. The minimum absolute atomic E-state index is 0.140. The smallest absolute Gasteiger partial charge is 0.472 e. The Morgan fingerprint density at radius 3 is 1.35 bits per heavy atom. The van der Waals surface area contributed by atoms with Gasteiger partial charge >= 0.3 is 19.8 Å². The number of unbranched alkanes of at least 4 members (excludes halogenated alkanes) is 25. The number of phosphoric ester groups is 1. The first-order chi connectivity index (χ1) is 30.6. The number of rotatable bonds is 47. The zero-order valence-corrected chi connectivity index (χ0v) is 40.8. The second-order valence-electron chi connectivity index (χ2n) is 17.0. The first-order valence-electron chi connectivity index (χ1n) is 25.2. The number of carbonyl (C=O) groups is 3. The van der Waals surface area contributed by atoms with Gasteiger partial charge in [-0.1, -0.05) is 184 Å². The zero-order chi connectivity index (χ0) is 46.3. The van der Waals surface area contributed by atoms with E-state index in [4.69, 9.17) is 13.8 Å². The summed E-state index contributed by atoms with van der Waals surface area (Å²) in [4.78, 5) is 46.1. The minimum atomic E-state index is -4.76. The fraction of sp³-hybridized carbons (Fsp3) is 0.784. The molecule has 11 nitrogen and oxygen atoms in total. The van der Waals surface area contributed by atoms with Crippen LogP contribution in [0.25, 0.3) is 0 Å². The van der Waals surface area contributed by atoms with E-state index in [1.807, 2.05) is 0 Å². The molecule has 0 aliphatic heterocycles. The van der Waals surface area contributed by atoms with Gasteiger partial charge in [-0.2, -0.15) is 0 Å². The minimum Gasteiger partial charge on any atom is -0.480 e. The summed E-state index contributed by atoms with van der Waals surface area (Å²) in [5.74, 6) is -2.38. The summed E-state index contributed by atoms with van der Waals surface area (Å²) < 4.78 is 26.9. The third kappa shape index (κ3) is 45.8. The van der Waals surface area contributed by atoms with Crippen molar-refractivity contribution < 1.29 is 47.8 Å². The van der Waals surface area contributed by atoms with Crippen molar-refractivity contribution in [2.24, 2.45) is 0 Å². The van der Waals surface area contributed by atoms with Crippen LogP contribution in [-0.2, 0) is 32.7 Å². The predicted octanol–water partition coefficient (Wildman–Crippen LogP) is 13.7. The van der Waals surface area contributed by atoms with Gasteiger partial charge in [0, 0.05) is 12.8 Å². The summed E-state index contributed by atoms with van der Waals surface area (Å²) in [7, 11) is -4.76. The fourth-order valence-corrected chi connectivity index (χ4v) is 7.68. The molecule has 12 heteroatoms. The number of hydrogen-bond acceptors (Lipinski definition) is 8. The highest BCUT2D eigenvalue weighted by atomic mass is 31.2. The molecule has 0 saturated heterocycles. The Labute approximate surface area is 384 Å². The molecular weight excluding hydrogens is 818 g/mol. The molecule has 0 spiro atoms. The van der Waals surface area contributed by atoms with E-state index in [2.05, 4.69) is 67.8 Å². The molecule has 0 radical (unpaired) electrons. The van der Waals surface area contributed by atoms with Crippen LogP contribution >= 0.6 is 7.82 Å². The topological polar surface area (TPSA) is 169 Å². The van der Waals surface area contributed by atoms with Crippen molar-refractivity contribution in [1.29, 1.82) is 0 Å². The van der Waals surface area contributed by atoms with E-state index < -0.39 is 57.6 Å². The number of allylic oxidation sites excluding steroid dienone is 8. The van der Waals surface area contributed by atoms with Gasteiger partial charge in [0.05, 0.1) is 13.2 Å². The molecule has 0 saturated carbocycles. The standard InChI is InChI=1S/C51H92NO10P/c1-3-5-7-9-11-13-15-17-19-21-23-24-25-27-29-31-33-35-37-39-41-43-50(55)60-44-47(53)45-61-63(58,59)62-46-48(51(56)57)52-49(54)42-40-38-36-34-32-30-28-26-22-20-18-16-14-12-10-8-6-4-2/h11,13,17,19-20,22-24,47-48,53H,3-10,12,14-16,18,21,25-46H2,1-2H3,(H,52,54)(H,56,57)(H,58,59)/b13-11-,19-17-,22-20-,24-23-. The second-order valence-corrected chi connectivity index (χ2v) is 18.5. The highest BCUT2D eigenvalue weighted by Gasteiger charge is 2.28. The summed E-state index contributed by atoms with van der Waals surface area (Å²) in [6, 6.07) is -1.55. The quantitative estimate of drug-likeness (QED) is 0.0200. The van der Waals surface area contributed by atoms with Gasteiger partial charge in [0.15, 0.2) is 6.04 Å². The van der Waals surface area contributed by atoms with Crippen molar-refractivity contribution in [3.8, 4) is 0 Å². The summed E-state index contributed by atoms with van der Waals surface area (Å²) >= 11 is 0. The highest BCUT2D eigenvalue weighted by molar-refractivity contribution is 7.47. The van der Waals surface area contributed by atoms with E-state index in [0.29, 0.717) is 12.8 Å². The number of aliphatic carboxylic acids is 1. The Bertz CT molecular complexity index is 1250. The van der Waals surface area contributed by atoms with E-state index in [9.17, 15) is 34.1 Å². The SMILES string of the molecule is CCCCC/C=C\C/C=C\C/C=C\CCCCCCCCCCC(=O)OCC(O)COP(=O)(O)OCC(NC(=O)CCCCCCCCC/C=C\CCCCCCCCC)C(=O)O. The number of ether oxygens (including phenoxy) is 1. The van der Waals surface area contributed by atoms with Crippen molar-refractivity contribution in [2.45, 2.75) is 238 Å². The summed E-state index contributed by atoms with van der Waals surface area (Å²) in [5.41, 5.74) is 0. The lowest BCUT2D eigenvalue weighted by molar-refractivity contribution is -0.147. The average Bonchev–Trinajstić information content (AvgIpc) is 3.26. The van der Waals surface area contributed by atoms with Gasteiger partial charge in [0.2, 0.25) is 5.91 Å². The van der Waals surface area contributed by atoms with Crippen molar-refractivity contribution in [3.05, 3.63) is 48.6 Å². The van der Waals surface area contributed by atoms with Crippen molar-refractivity contribution in [2.75, 3.05) is 19.8 Å². The molecule has 0 rings (SSSR count). The lowest BCUT2D eigenvalue weighted by Crippen LogP contribution is -2.43. The Hall–Kier alpha value is -2.56. The number of aliphatic hydroxyl groups is 1. The van der Waals surface area contributed by atoms with Crippen LogP contribution in [0.1, 0.15) is 226 Å². The van der Waals surface area contributed by atoms with Crippen LogP contribution in [0, 0.1) is 0 Å². The summed E-state index contributed by atoms with van der Waals surface area (Å²) in [5, 5.41) is 21.9. The van der Waals surface area contributed by atoms with Crippen LogP contribution in [-0.4, -0.2) is 64.9 Å². The maximum absolute atomic E-state index is 12.3. The summed E-state index contributed by atoms with van der Waals surface area (Å²) in [6.07, 6.45) is 52.7. The zero-order valence-electron chi connectivity index (χ0n) is 39.9. The van der Waals surface area contributed by atoms with Gasteiger partial charge in [0.1, 0.15) is 12.7 Å². The molecule has 0 aromatic carbocycles. The van der Waals surface area contributed by atoms with E-state index in [1.54, 1.807) is 0 Å².